The fraction of sp³-hybridized carbons (Fsp3) is 0.400. The van der Waals surface area contributed by atoms with Gasteiger partial charge in [-0.3, -0.25) is 4.79 Å². The van der Waals surface area contributed by atoms with E-state index in [9.17, 15) is 4.79 Å². The Balaban J connectivity index is 1.96. The van der Waals surface area contributed by atoms with Crippen LogP contribution in [-0.2, 0) is 6.42 Å². The maximum atomic E-state index is 12.6. The molecule has 2 heterocycles. The molecule has 3 rings (SSSR count). The maximum Gasteiger partial charge on any atom is 0.267 e. The van der Waals surface area contributed by atoms with Gasteiger partial charge in [0.25, 0.3) is 5.91 Å². The lowest BCUT2D eigenvalue weighted by Crippen LogP contribution is -2.44. The highest BCUT2D eigenvalue weighted by Gasteiger charge is 2.34. The summed E-state index contributed by atoms with van der Waals surface area (Å²) in [6.07, 6.45) is 2.37. The fourth-order valence-electron chi connectivity index (χ4n) is 3.01. The second-order valence-electron chi connectivity index (χ2n) is 5.29. The van der Waals surface area contributed by atoms with E-state index in [0.29, 0.717) is 4.88 Å². The number of hydrogen-bond acceptors (Lipinski definition) is 5. The summed E-state index contributed by atoms with van der Waals surface area (Å²) in [5.74, 6) is 0.867. The van der Waals surface area contributed by atoms with Gasteiger partial charge in [-0.15, -0.1) is 5.10 Å². The molecule has 1 aromatic carbocycles. The molecule has 110 valence electrons. The lowest BCUT2D eigenvalue weighted by Gasteiger charge is -2.40. The van der Waals surface area contributed by atoms with Crippen molar-refractivity contribution in [1.29, 1.82) is 0 Å². The van der Waals surface area contributed by atoms with E-state index in [1.807, 2.05) is 11.0 Å². The zero-order valence-electron chi connectivity index (χ0n) is 12.2. The maximum absolute atomic E-state index is 12.6. The van der Waals surface area contributed by atoms with Crippen LogP contribution in [0, 0.1) is 0 Å². The zero-order valence-corrected chi connectivity index (χ0v) is 13.1. The molecule has 0 bridgehead atoms. The summed E-state index contributed by atoms with van der Waals surface area (Å²) in [6.45, 7) is 4.14. The van der Waals surface area contributed by atoms with Crippen molar-refractivity contribution in [3.63, 3.8) is 0 Å². The van der Waals surface area contributed by atoms with Gasteiger partial charge in [0.1, 0.15) is 10.6 Å². The normalized spacial score (nSPS) is 21.0. The van der Waals surface area contributed by atoms with E-state index in [1.165, 1.54) is 17.3 Å². The van der Waals surface area contributed by atoms with E-state index in [1.54, 1.807) is 7.11 Å². The molecule has 1 aliphatic heterocycles. The molecule has 6 heteroatoms. The quantitative estimate of drug-likeness (QED) is 0.856. The van der Waals surface area contributed by atoms with Crippen molar-refractivity contribution in [2.24, 2.45) is 0 Å². The van der Waals surface area contributed by atoms with Gasteiger partial charge < -0.3 is 9.64 Å². The molecule has 0 unspecified atom stereocenters. The van der Waals surface area contributed by atoms with Crippen LogP contribution >= 0.6 is 11.5 Å². The van der Waals surface area contributed by atoms with E-state index < -0.39 is 0 Å². The molecule has 0 saturated carbocycles. The number of carbonyl (C=O) groups excluding carboxylic acids is 1. The van der Waals surface area contributed by atoms with Crippen LogP contribution in [-0.4, -0.2) is 33.5 Å². The number of amides is 1. The predicted octanol–water partition coefficient (Wildman–Crippen LogP) is 2.69. The minimum Gasteiger partial charge on any atom is -0.497 e. The lowest BCUT2D eigenvalue weighted by molar-refractivity contribution is 0.0585. The van der Waals surface area contributed by atoms with Gasteiger partial charge in [-0.1, -0.05) is 10.6 Å². The number of rotatable bonds is 2. The standard InChI is InChI=1S/C15H17N3O2S/c1-9-6-11-7-12(20-3)4-5-13(11)10(2)18(9)15(19)14-8-16-17-21-14/h4-5,7-10H,6H2,1-3H3/t9-,10-/m0/s1. The summed E-state index contributed by atoms with van der Waals surface area (Å²) in [6, 6.07) is 6.23. The first-order valence-corrected chi connectivity index (χ1v) is 7.66. The number of methoxy groups -OCH3 is 1. The lowest BCUT2D eigenvalue weighted by atomic mass is 9.89. The Morgan fingerprint density at radius 1 is 1.43 bits per heavy atom. The summed E-state index contributed by atoms with van der Waals surface area (Å²) in [7, 11) is 1.67. The largest absolute Gasteiger partial charge is 0.497 e. The van der Waals surface area contributed by atoms with Crippen LogP contribution in [0.15, 0.2) is 24.4 Å². The average molecular weight is 303 g/mol. The molecular formula is C15H17N3O2S. The van der Waals surface area contributed by atoms with Crippen LogP contribution in [0.3, 0.4) is 0 Å². The van der Waals surface area contributed by atoms with E-state index in [0.717, 1.165) is 23.7 Å². The second-order valence-corrected chi connectivity index (χ2v) is 6.07. The van der Waals surface area contributed by atoms with E-state index in [-0.39, 0.29) is 18.0 Å². The summed E-state index contributed by atoms with van der Waals surface area (Å²) in [5.41, 5.74) is 2.43. The Kier molecular flexibility index (Phi) is 3.63. The highest BCUT2D eigenvalue weighted by Crippen LogP contribution is 2.35. The Morgan fingerprint density at radius 3 is 2.90 bits per heavy atom. The van der Waals surface area contributed by atoms with Gasteiger partial charge in [-0.25, -0.2) is 0 Å². The van der Waals surface area contributed by atoms with Gasteiger partial charge >= 0.3 is 0 Å². The van der Waals surface area contributed by atoms with Gasteiger partial charge in [0.2, 0.25) is 0 Å². The van der Waals surface area contributed by atoms with Crippen LogP contribution in [0.4, 0.5) is 0 Å². The van der Waals surface area contributed by atoms with Gasteiger partial charge in [-0.2, -0.15) is 0 Å². The van der Waals surface area contributed by atoms with E-state index in [2.05, 4.69) is 35.6 Å². The Morgan fingerprint density at radius 2 is 2.24 bits per heavy atom. The molecule has 1 aromatic heterocycles. The van der Waals surface area contributed by atoms with Crippen molar-refractivity contribution in [1.82, 2.24) is 14.5 Å². The highest BCUT2D eigenvalue weighted by molar-refractivity contribution is 7.07. The molecule has 2 atom stereocenters. The average Bonchev–Trinajstić information content (AvgIpc) is 3.00. The molecule has 0 aliphatic carbocycles. The van der Waals surface area contributed by atoms with Crippen molar-refractivity contribution in [3.05, 3.63) is 40.4 Å². The summed E-state index contributed by atoms with van der Waals surface area (Å²) < 4.78 is 9.07. The Hall–Kier alpha value is -1.95. The fourth-order valence-corrected chi connectivity index (χ4v) is 3.47. The highest BCUT2D eigenvalue weighted by atomic mass is 32.1. The van der Waals surface area contributed by atoms with E-state index >= 15 is 0 Å². The third kappa shape index (κ3) is 2.40. The number of nitrogens with zero attached hydrogens (tertiary/aromatic N) is 3. The van der Waals surface area contributed by atoms with Gasteiger partial charge in [0.05, 0.1) is 19.3 Å². The Labute approximate surface area is 127 Å². The SMILES string of the molecule is COc1ccc2c(c1)C[C@H](C)N(C(=O)c1cnns1)[C@H]2C. The molecule has 0 N–H and O–H groups in total. The zero-order chi connectivity index (χ0) is 15.0. The van der Waals surface area contributed by atoms with Crippen LogP contribution in [0.25, 0.3) is 0 Å². The summed E-state index contributed by atoms with van der Waals surface area (Å²) >= 11 is 1.14. The van der Waals surface area contributed by atoms with Gasteiger partial charge in [0.15, 0.2) is 0 Å². The third-order valence-electron chi connectivity index (χ3n) is 4.01. The molecule has 0 fully saturated rings. The number of ether oxygens (including phenoxy) is 1. The number of fused-ring (bicyclic) bond motifs is 1. The molecule has 1 amide bonds. The number of carbonyl (C=O) groups is 1. The topological polar surface area (TPSA) is 55.3 Å². The van der Waals surface area contributed by atoms with Crippen molar-refractivity contribution in [2.75, 3.05) is 7.11 Å². The molecule has 1 aliphatic rings. The second kappa shape index (κ2) is 5.44. The molecule has 21 heavy (non-hydrogen) atoms. The molecule has 2 aromatic rings. The van der Waals surface area contributed by atoms with Crippen LogP contribution < -0.4 is 4.74 Å². The van der Waals surface area contributed by atoms with Crippen LogP contribution in [0.1, 0.15) is 40.7 Å². The first-order valence-electron chi connectivity index (χ1n) is 6.88. The molecular weight excluding hydrogens is 286 g/mol. The van der Waals surface area contributed by atoms with Crippen LogP contribution in [0.2, 0.25) is 0 Å². The molecule has 0 spiro atoms. The summed E-state index contributed by atoms with van der Waals surface area (Å²) in [5, 5.41) is 3.76. The number of benzene rings is 1. The number of aromatic nitrogens is 2. The van der Waals surface area contributed by atoms with Crippen molar-refractivity contribution in [3.8, 4) is 5.75 Å². The predicted molar refractivity (Wildman–Crippen MR) is 80.7 cm³/mol. The molecule has 0 radical (unpaired) electrons. The third-order valence-corrected chi connectivity index (χ3v) is 4.67. The molecule has 0 saturated heterocycles. The monoisotopic (exact) mass is 303 g/mol. The van der Waals surface area contributed by atoms with Gasteiger partial charge in [0, 0.05) is 6.04 Å². The first-order chi connectivity index (χ1) is 10.1. The number of hydrogen-bond donors (Lipinski definition) is 0. The van der Waals surface area contributed by atoms with Crippen molar-refractivity contribution in [2.45, 2.75) is 32.4 Å². The first kappa shape index (κ1) is 14.0. The molecule has 5 nitrogen and oxygen atoms in total. The van der Waals surface area contributed by atoms with Crippen molar-refractivity contribution >= 4 is 17.4 Å². The van der Waals surface area contributed by atoms with Crippen molar-refractivity contribution < 1.29 is 9.53 Å². The van der Waals surface area contributed by atoms with Gasteiger partial charge in [-0.05, 0) is 55.1 Å². The smallest absolute Gasteiger partial charge is 0.267 e. The Bertz CT molecular complexity index is 657. The van der Waals surface area contributed by atoms with Crippen LogP contribution in [0.5, 0.6) is 5.75 Å². The summed E-state index contributed by atoms with van der Waals surface area (Å²) in [4.78, 5) is 15.2. The minimum absolute atomic E-state index is 0.00599. The van der Waals surface area contributed by atoms with E-state index in [4.69, 9.17) is 4.74 Å². The minimum atomic E-state index is 0.00599.